The summed E-state index contributed by atoms with van der Waals surface area (Å²) in [4.78, 5) is 35.7. The summed E-state index contributed by atoms with van der Waals surface area (Å²) < 4.78 is 16.6. The van der Waals surface area contributed by atoms with E-state index in [4.69, 9.17) is 13.9 Å². The van der Waals surface area contributed by atoms with Gasteiger partial charge >= 0.3 is 5.97 Å². The van der Waals surface area contributed by atoms with E-state index in [1.807, 2.05) is 32.0 Å². The minimum Gasteiger partial charge on any atom is -0.460 e. The van der Waals surface area contributed by atoms with E-state index >= 15 is 0 Å². The van der Waals surface area contributed by atoms with Crippen molar-refractivity contribution in [2.45, 2.75) is 20.8 Å². The van der Waals surface area contributed by atoms with Crippen molar-refractivity contribution >= 4 is 22.6 Å². The molecule has 1 aromatic heterocycles. The van der Waals surface area contributed by atoms with Gasteiger partial charge in [0.15, 0.2) is 0 Å². The molecule has 0 aliphatic heterocycles. The standard InChI is InChI=1S/C25H19NO7/c1-14-8-15(2)10-19(9-14)32-23-13-31-22-12-18(5-6-20(22)24(23)27)33-25(28)17-4-7-21(26(29)30)16(3)11-17/h4-13H,1-3H3. The van der Waals surface area contributed by atoms with Crippen molar-refractivity contribution in [1.29, 1.82) is 0 Å². The number of fused-ring (bicyclic) bond motifs is 1. The Hall–Kier alpha value is -4.46. The zero-order valence-corrected chi connectivity index (χ0v) is 18.1. The number of nitro benzene ring substituents is 1. The van der Waals surface area contributed by atoms with Crippen molar-refractivity contribution in [3.8, 4) is 17.2 Å². The molecule has 0 aliphatic carbocycles. The number of nitrogens with zero attached hydrogens (tertiary/aromatic N) is 1. The topological polar surface area (TPSA) is 109 Å². The van der Waals surface area contributed by atoms with Gasteiger partial charge in [-0.15, -0.1) is 0 Å². The highest BCUT2D eigenvalue weighted by Crippen LogP contribution is 2.26. The number of benzene rings is 3. The fraction of sp³-hybridized carbons (Fsp3) is 0.120. The number of ether oxygens (including phenoxy) is 2. The highest BCUT2D eigenvalue weighted by molar-refractivity contribution is 5.92. The minimum atomic E-state index is -0.690. The Morgan fingerprint density at radius 1 is 0.939 bits per heavy atom. The third-order valence-electron chi connectivity index (χ3n) is 4.98. The molecule has 3 aromatic carbocycles. The van der Waals surface area contributed by atoms with E-state index < -0.39 is 10.9 Å². The molecule has 0 atom stereocenters. The smallest absolute Gasteiger partial charge is 0.343 e. The first kappa shape index (κ1) is 21.8. The number of aryl methyl sites for hydroxylation is 3. The monoisotopic (exact) mass is 445 g/mol. The molecule has 8 nitrogen and oxygen atoms in total. The number of hydrogen-bond donors (Lipinski definition) is 0. The van der Waals surface area contributed by atoms with Crippen LogP contribution in [0.5, 0.6) is 17.2 Å². The second-order valence-electron chi connectivity index (χ2n) is 7.66. The molecule has 1 heterocycles. The molecule has 4 aromatic rings. The van der Waals surface area contributed by atoms with E-state index in [2.05, 4.69) is 0 Å². The van der Waals surface area contributed by atoms with E-state index in [-0.39, 0.29) is 39.1 Å². The van der Waals surface area contributed by atoms with Crippen molar-refractivity contribution in [2.75, 3.05) is 0 Å². The Bertz CT molecular complexity index is 1450. The van der Waals surface area contributed by atoms with Gasteiger partial charge in [0.2, 0.25) is 11.2 Å². The maximum Gasteiger partial charge on any atom is 0.343 e. The summed E-state index contributed by atoms with van der Waals surface area (Å²) in [5.41, 5.74) is 2.29. The van der Waals surface area contributed by atoms with Crippen LogP contribution in [0.15, 0.2) is 70.1 Å². The first-order valence-corrected chi connectivity index (χ1v) is 10.0. The molecule has 0 unspecified atom stereocenters. The fourth-order valence-corrected chi connectivity index (χ4v) is 3.50. The van der Waals surface area contributed by atoms with Crippen LogP contribution in [-0.4, -0.2) is 10.9 Å². The van der Waals surface area contributed by atoms with E-state index in [9.17, 15) is 19.7 Å². The van der Waals surface area contributed by atoms with E-state index in [1.54, 1.807) is 0 Å². The summed E-state index contributed by atoms with van der Waals surface area (Å²) in [5, 5.41) is 11.2. The molecule has 4 rings (SSSR count). The highest BCUT2D eigenvalue weighted by atomic mass is 16.6. The van der Waals surface area contributed by atoms with Crippen LogP contribution < -0.4 is 14.9 Å². The molecule has 0 bridgehead atoms. The molecule has 0 fully saturated rings. The van der Waals surface area contributed by atoms with Gasteiger partial charge in [-0.05, 0) is 68.3 Å². The largest absolute Gasteiger partial charge is 0.460 e. The Labute approximate surface area is 188 Å². The highest BCUT2D eigenvalue weighted by Gasteiger charge is 2.16. The predicted molar refractivity (Wildman–Crippen MR) is 121 cm³/mol. The van der Waals surface area contributed by atoms with Crippen molar-refractivity contribution < 1.29 is 23.6 Å². The van der Waals surface area contributed by atoms with Crippen LogP contribution in [0.3, 0.4) is 0 Å². The average molecular weight is 445 g/mol. The lowest BCUT2D eigenvalue weighted by Crippen LogP contribution is -2.10. The second kappa shape index (κ2) is 8.58. The summed E-state index contributed by atoms with van der Waals surface area (Å²) in [6.07, 6.45) is 1.22. The van der Waals surface area contributed by atoms with Crippen molar-refractivity contribution in [1.82, 2.24) is 0 Å². The molecule has 0 spiro atoms. The number of carbonyl (C=O) groups excluding carboxylic acids is 1. The Morgan fingerprint density at radius 2 is 1.67 bits per heavy atom. The molecule has 0 saturated carbocycles. The van der Waals surface area contributed by atoms with Gasteiger partial charge in [-0.25, -0.2) is 4.79 Å². The van der Waals surface area contributed by atoms with Crippen molar-refractivity contribution in [3.05, 3.63) is 103 Å². The molecule has 166 valence electrons. The Kier molecular flexibility index (Phi) is 5.66. The average Bonchev–Trinajstić information content (AvgIpc) is 2.74. The van der Waals surface area contributed by atoms with Gasteiger partial charge in [0.25, 0.3) is 5.69 Å². The molecule has 0 amide bonds. The van der Waals surface area contributed by atoms with Gasteiger partial charge in [-0.1, -0.05) is 6.07 Å². The summed E-state index contributed by atoms with van der Waals surface area (Å²) in [7, 11) is 0. The van der Waals surface area contributed by atoms with Crippen LogP contribution in [0.1, 0.15) is 27.0 Å². The quantitative estimate of drug-likeness (QED) is 0.169. The number of hydrogen-bond acceptors (Lipinski definition) is 7. The van der Waals surface area contributed by atoms with Crippen molar-refractivity contribution in [2.24, 2.45) is 0 Å². The molecule has 8 heteroatoms. The van der Waals surface area contributed by atoms with Crippen LogP contribution in [0, 0.1) is 30.9 Å². The van der Waals surface area contributed by atoms with Crippen molar-refractivity contribution in [3.63, 3.8) is 0 Å². The summed E-state index contributed by atoms with van der Waals surface area (Å²) >= 11 is 0. The molecule has 0 N–H and O–H groups in total. The first-order valence-electron chi connectivity index (χ1n) is 10.0. The summed E-state index contributed by atoms with van der Waals surface area (Å²) in [5.74, 6) is 0.0424. The molecule has 33 heavy (non-hydrogen) atoms. The summed E-state index contributed by atoms with van der Waals surface area (Å²) in [6.45, 7) is 5.41. The van der Waals surface area contributed by atoms with Crippen LogP contribution in [0.25, 0.3) is 11.0 Å². The molecular weight excluding hydrogens is 426 g/mol. The molecule has 0 aliphatic rings. The lowest BCUT2D eigenvalue weighted by molar-refractivity contribution is -0.385. The number of carbonyl (C=O) groups is 1. The van der Waals surface area contributed by atoms with Gasteiger partial charge in [0, 0.05) is 17.7 Å². The second-order valence-corrected chi connectivity index (χ2v) is 7.66. The zero-order chi connectivity index (χ0) is 23.7. The van der Waals surface area contributed by atoms with E-state index in [1.165, 1.54) is 49.6 Å². The maximum atomic E-state index is 12.8. The first-order chi connectivity index (χ1) is 15.7. The summed E-state index contributed by atoms with van der Waals surface area (Å²) in [6, 6.07) is 14.0. The van der Waals surface area contributed by atoms with Crippen LogP contribution in [0.2, 0.25) is 0 Å². The normalized spacial score (nSPS) is 10.8. The third-order valence-corrected chi connectivity index (χ3v) is 4.98. The number of nitro groups is 1. The lowest BCUT2D eigenvalue weighted by atomic mass is 10.1. The van der Waals surface area contributed by atoms with Crippen LogP contribution in [0.4, 0.5) is 5.69 Å². The number of esters is 1. The Balaban J connectivity index is 1.58. The van der Waals surface area contributed by atoms with Gasteiger partial charge in [-0.3, -0.25) is 14.9 Å². The maximum absolute atomic E-state index is 12.8. The SMILES string of the molecule is Cc1cc(C)cc(Oc2coc3cc(OC(=O)c4ccc([N+](=O)[O-])c(C)c4)ccc3c2=O)c1. The molecule has 0 saturated heterocycles. The van der Waals surface area contributed by atoms with Gasteiger partial charge < -0.3 is 13.9 Å². The van der Waals surface area contributed by atoms with Gasteiger partial charge in [0.05, 0.1) is 15.9 Å². The van der Waals surface area contributed by atoms with Gasteiger partial charge in [0.1, 0.15) is 23.3 Å². The van der Waals surface area contributed by atoms with E-state index in [0.29, 0.717) is 11.3 Å². The van der Waals surface area contributed by atoms with Crippen LogP contribution >= 0.6 is 0 Å². The molecular formula is C25H19NO7. The lowest BCUT2D eigenvalue weighted by Gasteiger charge is -2.09. The predicted octanol–water partition coefficient (Wildman–Crippen LogP) is 5.64. The fourth-order valence-electron chi connectivity index (χ4n) is 3.50. The Morgan fingerprint density at radius 3 is 2.33 bits per heavy atom. The van der Waals surface area contributed by atoms with Crippen LogP contribution in [-0.2, 0) is 0 Å². The number of rotatable bonds is 5. The van der Waals surface area contributed by atoms with E-state index in [0.717, 1.165) is 11.1 Å². The minimum absolute atomic E-state index is 0.0404. The third kappa shape index (κ3) is 4.59. The zero-order valence-electron chi connectivity index (χ0n) is 18.1. The van der Waals surface area contributed by atoms with Gasteiger partial charge in [-0.2, -0.15) is 0 Å². The molecule has 0 radical (unpaired) electrons.